The van der Waals surface area contributed by atoms with Crippen molar-refractivity contribution < 1.29 is 13.2 Å². The molecule has 7 heteroatoms. The summed E-state index contributed by atoms with van der Waals surface area (Å²) in [6, 6.07) is 2.81. The fourth-order valence-corrected chi connectivity index (χ4v) is 4.56. The van der Waals surface area contributed by atoms with Crippen LogP contribution in [0.5, 0.6) is 0 Å². The van der Waals surface area contributed by atoms with Gasteiger partial charge < -0.3 is 4.74 Å². The highest BCUT2D eigenvalue weighted by Gasteiger charge is 2.33. The van der Waals surface area contributed by atoms with Gasteiger partial charge in [0, 0.05) is 38.1 Å². The van der Waals surface area contributed by atoms with Crippen molar-refractivity contribution >= 4 is 10.0 Å². The first-order valence-corrected chi connectivity index (χ1v) is 9.76. The van der Waals surface area contributed by atoms with Crippen LogP contribution in [0.3, 0.4) is 0 Å². The Labute approximate surface area is 134 Å². The lowest BCUT2D eigenvalue weighted by Gasteiger charge is -2.37. The molecular weight excluding hydrogens is 302 g/mol. The Bertz CT molecular complexity index is 493. The SMILES string of the molecule is CC(C)OCCS(=O)(=O)N1CCN(C2CCC(C#N)C2)CC1. The molecule has 1 aliphatic carbocycles. The fraction of sp³-hybridized carbons (Fsp3) is 0.933. The van der Waals surface area contributed by atoms with Crippen LogP contribution >= 0.6 is 0 Å². The molecule has 2 rings (SSSR count). The monoisotopic (exact) mass is 329 g/mol. The third-order valence-corrected chi connectivity index (χ3v) is 6.40. The van der Waals surface area contributed by atoms with E-state index >= 15 is 0 Å². The van der Waals surface area contributed by atoms with Crippen LogP contribution in [0.2, 0.25) is 0 Å². The number of nitriles is 1. The van der Waals surface area contributed by atoms with E-state index in [1.807, 2.05) is 13.8 Å². The summed E-state index contributed by atoms with van der Waals surface area (Å²) in [6.07, 6.45) is 3.03. The topological polar surface area (TPSA) is 73.6 Å². The van der Waals surface area contributed by atoms with Crippen molar-refractivity contribution in [1.82, 2.24) is 9.21 Å². The second kappa shape index (κ2) is 7.73. The van der Waals surface area contributed by atoms with Crippen molar-refractivity contribution in [2.24, 2.45) is 5.92 Å². The summed E-state index contributed by atoms with van der Waals surface area (Å²) in [7, 11) is -3.21. The van der Waals surface area contributed by atoms with Crippen LogP contribution in [0.4, 0.5) is 0 Å². The summed E-state index contributed by atoms with van der Waals surface area (Å²) >= 11 is 0. The molecule has 0 bridgehead atoms. The zero-order valence-electron chi connectivity index (χ0n) is 13.6. The number of piperazine rings is 1. The highest BCUT2D eigenvalue weighted by Crippen LogP contribution is 2.29. The lowest BCUT2D eigenvalue weighted by Crippen LogP contribution is -2.52. The Hall–Kier alpha value is -0.680. The summed E-state index contributed by atoms with van der Waals surface area (Å²) in [5, 5.41) is 8.98. The normalized spacial score (nSPS) is 28.1. The number of nitrogens with zero attached hydrogens (tertiary/aromatic N) is 3. The summed E-state index contributed by atoms with van der Waals surface area (Å²) in [5.41, 5.74) is 0. The molecule has 2 fully saturated rings. The summed E-state index contributed by atoms with van der Waals surface area (Å²) in [6.45, 7) is 6.71. The van der Waals surface area contributed by atoms with Crippen molar-refractivity contribution in [2.45, 2.75) is 45.3 Å². The maximum Gasteiger partial charge on any atom is 0.216 e. The van der Waals surface area contributed by atoms with Gasteiger partial charge in [-0.25, -0.2) is 8.42 Å². The second-order valence-corrected chi connectivity index (χ2v) is 8.55. The number of hydrogen-bond acceptors (Lipinski definition) is 5. The molecule has 0 amide bonds. The maximum absolute atomic E-state index is 12.3. The highest BCUT2D eigenvalue weighted by atomic mass is 32.2. The van der Waals surface area contributed by atoms with E-state index in [1.54, 1.807) is 4.31 Å². The molecule has 6 nitrogen and oxygen atoms in total. The molecule has 2 unspecified atom stereocenters. The van der Waals surface area contributed by atoms with Crippen molar-refractivity contribution in [1.29, 1.82) is 5.26 Å². The molecule has 0 aromatic heterocycles. The Morgan fingerprint density at radius 3 is 2.45 bits per heavy atom. The van der Waals surface area contributed by atoms with Crippen LogP contribution in [0, 0.1) is 17.2 Å². The molecule has 1 aliphatic heterocycles. The predicted octanol–water partition coefficient (Wildman–Crippen LogP) is 1.05. The van der Waals surface area contributed by atoms with Crippen LogP contribution in [0.1, 0.15) is 33.1 Å². The lowest BCUT2D eigenvalue weighted by molar-refractivity contribution is 0.0898. The first kappa shape index (κ1) is 17.7. The average molecular weight is 329 g/mol. The summed E-state index contributed by atoms with van der Waals surface area (Å²) < 4.78 is 31.5. The van der Waals surface area contributed by atoms with Gasteiger partial charge in [0.25, 0.3) is 0 Å². The van der Waals surface area contributed by atoms with Gasteiger partial charge in [-0.05, 0) is 33.1 Å². The van der Waals surface area contributed by atoms with Gasteiger partial charge in [-0.2, -0.15) is 9.57 Å². The van der Waals surface area contributed by atoms with Crippen molar-refractivity contribution in [3.63, 3.8) is 0 Å². The third kappa shape index (κ3) is 4.66. The predicted molar refractivity (Wildman–Crippen MR) is 84.8 cm³/mol. The Morgan fingerprint density at radius 2 is 1.91 bits per heavy atom. The minimum Gasteiger partial charge on any atom is -0.378 e. The molecule has 0 radical (unpaired) electrons. The van der Waals surface area contributed by atoms with E-state index in [2.05, 4.69) is 11.0 Å². The minimum atomic E-state index is -3.21. The Balaban J connectivity index is 1.78. The molecule has 2 aliphatic rings. The summed E-state index contributed by atoms with van der Waals surface area (Å²) in [4.78, 5) is 2.36. The molecule has 0 aromatic carbocycles. The van der Waals surface area contributed by atoms with Crippen molar-refractivity contribution in [3.05, 3.63) is 0 Å². The quantitative estimate of drug-likeness (QED) is 0.728. The zero-order valence-corrected chi connectivity index (χ0v) is 14.4. The summed E-state index contributed by atoms with van der Waals surface area (Å²) in [5.74, 6) is 0.241. The minimum absolute atomic E-state index is 0.0579. The van der Waals surface area contributed by atoms with Crippen LogP contribution in [-0.2, 0) is 14.8 Å². The van der Waals surface area contributed by atoms with Crippen LogP contribution in [0.25, 0.3) is 0 Å². The molecule has 22 heavy (non-hydrogen) atoms. The van der Waals surface area contributed by atoms with Gasteiger partial charge in [0.15, 0.2) is 0 Å². The van der Waals surface area contributed by atoms with E-state index in [1.165, 1.54) is 0 Å². The molecule has 126 valence electrons. The van der Waals surface area contributed by atoms with Gasteiger partial charge in [-0.1, -0.05) is 0 Å². The number of hydrogen-bond donors (Lipinski definition) is 0. The van der Waals surface area contributed by atoms with Crippen LogP contribution < -0.4 is 0 Å². The third-order valence-electron chi connectivity index (χ3n) is 4.56. The molecule has 1 saturated carbocycles. The number of rotatable bonds is 6. The first-order valence-electron chi connectivity index (χ1n) is 8.15. The molecule has 0 N–H and O–H groups in total. The van der Waals surface area contributed by atoms with Gasteiger partial charge in [0.1, 0.15) is 0 Å². The Morgan fingerprint density at radius 1 is 1.23 bits per heavy atom. The van der Waals surface area contributed by atoms with E-state index in [9.17, 15) is 8.42 Å². The van der Waals surface area contributed by atoms with Crippen molar-refractivity contribution in [2.75, 3.05) is 38.5 Å². The fourth-order valence-electron chi connectivity index (χ4n) is 3.27. The van der Waals surface area contributed by atoms with Gasteiger partial charge >= 0.3 is 0 Å². The van der Waals surface area contributed by atoms with Crippen LogP contribution in [-0.4, -0.2) is 68.3 Å². The van der Waals surface area contributed by atoms with E-state index in [-0.39, 0.29) is 24.4 Å². The van der Waals surface area contributed by atoms with E-state index in [0.29, 0.717) is 19.1 Å². The van der Waals surface area contributed by atoms with Gasteiger partial charge in [-0.15, -0.1) is 0 Å². The van der Waals surface area contributed by atoms with Crippen molar-refractivity contribution in [3.8, 4) is 6.07 Å². The average Bonchev–Trinajstić information content (AvgIpc) is 2.96. The standard InChI is InChI=1S/C15H27N3O3S/c1-13(2)21-9-10-22(19,20)18-7-5-17(6-8-18)15-4-3-14(11-15)12-16/h13-15H,3-11H2,1-2H3. The molecule has 1 saturated heterocycles. The van der Waals surface area contributed by atoms with E-state index < -0.39 is 10.0 Å². The molecule has 0 aromatic rings. The van der Waals surface area contributed by atoms with Gasteiger partial charge in [-0.3, -0.25) is 4.90 Å². The lowest BCUT2D eigenvalue weighted by atomic mass is 10.1. The van der Waals surface area contributed by atoms with E-state index in [0.717, 1.165) is 32.4 Å². The highest BCUT2D eigenvalue weighted by molar-refractivity contribution is 7.89. The van der Waals surface area contributed by atoms with Gasteiger partial charge in [0.05, 0.1) is 24.5 Å². The molecular formula is C15H27N3O3S. The smallest absolute Gasteiger partial charge is 0.216 e. The van der Waals surface area contributed by atoms with Gasteiger partial charge in [0.2, 0.25) is 10.0 Å². The number of ether oxygens (including phenoxy) is 1. The van der Waals surface area contributed by atoms with E-state index in [4.69, 9.17) is 10.00 Å². The number of sulfonamides is 1. The molecule has 1 heterocycles. The molecule has 2 atom stereocenters. The Kier molecular flexibility index (Phi) is 6.21. The largest absolute Gasteiger partial charge is 0.378 e. The zero-order chi connectivity index (χ0) is 16.2. The second-order valence-electron chi connectivity index (χ2n) is 6.46. The molecule has 0 spiro atoms. The maximum atomic E-state index is 12.3. The van der Waals surface area contributed by atoms with Crippen LogP contribution in [0.15, 0.2) is 0 Å². The first-order chi connectivity index (χ1) is 10.4.